The minimum absolute atomic E-state index is 0.0370. The highest BCUT2D eigenvalue weighted by Gasteiger charge is 2.52. The molecule has 0 aromatic carbocycles. The van der Waals surface area contributed by atoms with Gasteiger partial charge in [0.2, 0.25) is 0 Å². The Balaban J connectivity index is 3.23. The second-order valence-corrected chi connectivity index (χ2v) is 7.78. The smallest absolute Gasteiger partial charge is 0.320 e. The van der Waals surface area contributed by atoms with Crippen molar-refractivity contribution >= 4 is 35.8 Å². The van der Waals surface area contributed by atoms with Crippen LogP contribution in [0.4, 0.5) is 0 Å². The predicted molar refractivity (Wildman–Crippen MR) is 119 cm³/mol. The molecule has 1 unspecified atom stereocenters. The Labute approximate surface area is 214 Å². The van der Waals surface area contributed by atoms with Crippen LogP contribution in [0, 0.1) is 5.92 Å². The molecule has 14 heteroatoms. The third-order valence-corrected chi connectivity index (χ3v) is 4.78. The summed E-state index contributed by atoms with van der Waals surface area (Å²) in [5, 5.41) is 0. The van der Waals surface area contributed by atoms with E-state index in [9.17, 15) is 28.8 Å². The molecule has 1 saturated heterocycles. The fraction of sp³-hybridized carbons (Fsp3) is 0.739. The molecule has 0 aliphatic carbocycles. The van der Waals surface area contributed by atoms with E-state index in [1.54, 1.807) is 13.8 Å². The number of ether oxygens (including phenoxy) is 8. The normalized spacial score (nSPS) is 22.9. The number of hydrogen-bond donors (Lipinski definition) is 0. The molecular formula is C23H34O14. The average Bonchev–Trinajstić information content (AvgIpc) is 2.78. The Hall–Kier alpha value is -3.26. The van der Waals surface area contributed by atoms with Crippen LogP contribution in [0.1, 0.15) is 48.0 Å². The highest BCUT2D eigenvalue weighted by Crippen LogP contribution is 2.30. The lowest BCUT2D eigenvalue weighted by Gasteiger charge is -2.44. The number of carbonyl (C=O) groups excluding carboxylic acids is 6. The summed E-state index contributed by atoms with van der Waals surface area (Å²) < 4.78 is 42.2. The van der Waals surface area contributed by atoms with Crippen LogP contribution in [0.15, 0.2) is 0 Å². The van der Waals surface area contributed by atoms with Crippen molar-refractivity contribution in [2.45, 2.75) is 78.7 Å². The molecule has 0 aromatic rings. The first-order chi connectivity index (χ1) is 17.4. The van der Waals surface area contributed by atoms with Gasteiger partial charge in [-0.25, -0.2) is 0 Å². The van der Waals surface area contributed by atoms with Gasteiger partial charge in [-0.05, 0) is 20.3 Å². The predicted octanol–water partition coefficient (Wildman–Crippen LogP) is 0.219. The lowest BCUT2D eigenvalue weighted by Crippen LogP contribution is -2.63. The third kappa shape index (κ3) is 10.7. The summed E-state index contributed by atoms with van der Waals surface area (Å²) in [5.74, 6) is -5.96. The maximum atomic E-state index is 12.2. The van der Waals surface area contributed by atoms with E-state index in [1.807, 2.05) is 0 Å². The molecule has 1 heterocycles. The van der Waals surface area contributed by atoms with E-state index in [4.69, 9.17) is 37.9 Å². The van der Waals surface area contributed by atoms with Gasteiger partial charge in [-0.1, -0.05) is 0 Å². The van der Waals surface area contributed by atoms with Crippen LogP contribution in [-0.2, 0) is 66.7 Å². The van der Waals surface area contributed by atoms with Crippen LogP contribution >= 0.6 is 0 Å². The first kappa shape index (κ1) is 31.8. The summed E-state index contributed by atoms with van der Waals surface area (Å²) in [6.45, 7) is 6.93. The molecule has 37 heavy (non-hydrogen) atoms. The maximum absolute atomic E-state index is 12.2. The number of rotatable bonds is 13. The number of hydrogen-bond acceptors (Lipinski definition) is 14. The van der Waals surface area contributed by atoms with Gasteiger partial charge < -0.3 is 37.9 Å². The Bertz CT molecular complexity index is 806. The molecule has 1 aliphatic rings. The van der Waals surface area contributed by atoms with Gasteiger partial charge >= 0.3 is 35.8 Å². The van der Waals surface area contributed by atoms with Crippen molar-refractivity contribution in [3.63, 3.8) is 0 Å². The summed E-state index contributed by atoms with van der Waals surface area (Å²) in [7, 11) is 0. The highest BCUT2D eigenvalue weighted by molar-refractivity contribution is 5.94. The summed E-state index contributed by atoms with van der Waals surface area (Å²) >= 11 is 0. The van der Waals surface area contributed by atoms with Gasteiger partial charge in [0.05, 0.1) is 19.8 Å². The van der Waals surface area contributed by atoms with Gasteiger partial charge in [-0.2, -0.15) is 0 Å². The molecule has 210 valence electrons. The first-order valence-corrected chi connectivity index (χ1v) is 11.7. The molecule has 5 atom stereocenters. The monoisotopic (exact) mass is 534 g/mol. The zero-order valence-electron chi connectivity index (χ0n) is 21.7. The second kappa shape index (κ2) is 15.8. The Morgan fingerprint density at radius 3 is 1.62 bits per heavy atom. The molecule has 0 bridgehead atoms. The Morgan fingerprint density at radius 2 is 1.16 bits per heavy atom. The van der Waals surface area contributed by atoms with Crippen LogP contribution in [-0.4, -0.2) is 92.9 Å². The van der Waals surface area contributed by atoms with E-state index in [1.165, 1.54) is 0 Å². The van der Waals surface area contributed by atoms with Crippen LogP contribution in [0.3, 0.4) is 0 Å². The molecule has 0 aromatic heterocycles. The van der Waals surface area contributed by atoms with Gasteiger partial charge in [0.15, 0.2) is 30.5 Å². The molecule has 0 radical (unpaired) electrons. The van der Waals surface area contributed by atoms with E-state index in [2.05, 4.69) is 0 Å². The highest BCUT2D eigenvalue weighted by atomic mass is 16.7. The SMILES string of the molecule is CCOC(=O)C(CCOC1O[C@H](COC(C)=O)[C@@H](OC(C)=O)[C@H](OC(C)=O)[C@@H]1OC(C)=O)C(=O)OCC. The Kier molecular flexibility index (Phi) is 13.5. The summed E-state index contributed by atoms with van der Waals surface area (Å²) in [6.07, 6.45) is -6.99. The standard InChI is InChI=1S/C23H34O14/c1-7-30-21(28)16(22(29)31-8-2)9-10-32-23-20(36-15(6)27)19(35-14(5)26)18(34-13(4)25)17(37-23)11-33-12(3)24/h16-20,23H,7-11H2,1-6H3/t17-,18-,19+,20+,23?/m1/s1. The zero-order valence-corrected chi connectivity index (χ0v) is 21.7. The minimum Gasteiger partial charge on any atom is -0.465 e. The van der Waals surface area contributed by atoms with Crippen molar-refractivity contribution in [1.29, 1.82) is 0 Å². The summed E-state index contributed by atoms with van der Waals surface area (Å²) in [5.41, 5.74) is 0. The minimum atomic E-state index is -1.44. The molecule has 14 nitrogen and oxygen atoms in total. The molecule has 0 saturated carbocycles. The van der Waals surface area contributed by atoms with Gasteiger partial charge in [0, 0.05) is 27.7 Å². The number of carbonyl (C=O) groups is 6. The summed E-state index contributed by atoms with van der Waals surface area (Å²) in [6, 6.07) is 0. The van der Waals surface area contributed by atoms with Crippen LogP contribution in [0.5, 0.6) is 0 Å². The van der Waals surface area contributed by atoms with Crippen molar-refractivity contribution in [3.8, 4) is 0 Å². The van der Waals surface area contributed by atoms with Crippen molar-refractivity contribution in [1.82, 2.24) is 0 Å². The fourth-order valence-electron chi connectivity index (χ4n) is 3.44. The lowest BCUT2D eigenvalue weighted by atomic mass is 9.98. The van der Waals surface area contributed by atoms with Gasteiger partial charge in [-0.3, -0.25) is 28.8 Å². The number of esters is 6. The van der Waals surface area contributed by atoms with E-state index >= 15 is 0 Å². The van der Waals surface area contributed by atoms with Gasteiger partial charge in [0.1, 0.15) is 12.7 Å². The molecule has 1 rings (SSSR count). The van der Waals surface area contributed by atoms with Crippen molar-refractivity contribution in [3.05, 3.63) is 0 Å². The summed E-state index contributed by atoms with van der Waals surface area (Å²) in [4.78, 5) is 71.3. The Morgan fingerprint density at radius 1 is 0.676 bits per heavy atom. The van der Waals surface area contributed by atoms with Crippen molar-refractivity contribution in [2.24, 2.45) is 5.92 Å². The second-order valence-electron chi connectivity index (χ2n) is 7.78. The molecule has 0 spiro atoms. The van der Waals surface area contributed by atoms with E-state index in [-0.39, 0.29) is 26.2 Å². The van der Waals surface area contributed by atoms with Crippen LogP contribution in [0.25, 0.3) is 0 Å². The first-order valence-electron chi connectivity index (χ1n) is 11.7. The molecule has 0 amide bonds. The van der Waals surface area contributed by atoms with Gasteiger partial charge in [0.25, 0.3) is 0 Å². The maximum Gasteiger partial charge on any atom is 0.320 e. The van der Waals surface area contributed by atoms with Crippen LogP contribution in [0.2, 0.25) is 0 Å². The zero-order chi connectivity index (χ0) is 28.1. The quantitative estimate of drug-likeness (QED) is 0.178. The molecule has 0 N–H and O–H groups in total. The van der Waals surface area contributed by atoms with E-state index in [0.29, 0.717) is 0 Å². The van der Waals surface area contributed by atoms with Crippen molar-refractivity contribution < 1.29 is 66.7 Å². The van der Waals surface area contributed by atoms with Crippen molar-refractivity contribution in [2.75, 3.05) is 26.4 Å². The molecular weight excluding hydrogens is 500 g/mol. The van der Waals surface area contributed by atoms with E-state index in [0.717, 1.165) is 27.7 Å². The van der Waals surface area contributed by atoms with E-state index < -0.39 is 79.0 Å². The third-order valence-electron chi connectivity index (χ3n) is 4.78. The van der Waals surface area contributed by atoms with Gasteiger partial charge in [-0.15, -0.1) is 0 Å². The fourth-order valence-corrected chi connectivity index (χ4v) is 3.44. The topological polar surface area (TPSA) is 176 Å². The lowest BCUT2D eigenvalue weighted by molar-refractivity contribution is -0.308. The molecule has 1 aliphatic heterocycles. The largest absolute Gasteiger partial charge is 0.465 e. The average molecular weight is 535 g/mol. The van der Waals surface area contributed by atoms with Crippen LogP contribution < -0.4 is 0 Å². The molecule has 1 fully saturated rings.